The van der Waals surface area contributed by atoms with Crippen LogP contribution in [0.15, 0.2) is 77.6 Å². The van der Waals surface area contributed by atoms with Crippen molar-refractivity contribution in [2.45, 2.75) is 6.92 Å². The first-order valence-electron chi connectivity index (χ1n) is 8.82. The van der Waals surface area contributed by atoms with E-state index in [1.165, 1.54) is 0 Å². The number of nitrogens with zero attached hydrogens (tertiary/aromatic N) is 4. The minimum absolute atomic E-state index is 0.430. The molecule has 0 fully saturated rings. The van der Waals surface area contributed by atoms with Crippen molar-refractivity contribution in [1.82, 2.24) is 19.5 Å². The van der Waals surface area contributed by atoms with E-state index >= 15 is 0 Å². The predicted octanol–water partition coefficient (Wildman–Crippen LogP) is 5.68. The fourth-order valence-electron chi connectivity index (χ4n) is 3.25. The first-order chi connectivity index (χ1) is 13.7. The van der Waals surface area contributed by atoms with Crippen LogP contribution >= 0.6 is 11.6 Å². The van der Waals surface area contributed by atoms with Gasteiger partial charge in [-0.1, -0.05) is 59.2 Å². The Bertz CT molecular complexity index is 1270. The van der Waals surface area contributed by atoms with Crippen LogP contribution in [0.1, 0.15) is 5.56 Å². The number of benzene rings is 2. The minimum atomic E-state index is 0.430. The normalized spacial score (nSPS) is 11.2. The van der Waals surface area contributed by atoms with E-state index in [2.05, 4.69) is 21.2 Å². The van der Waals surface area contributed by atoms with Gasteiger partial charge in [-0.25, -0.2) is 4.98 Å². The molecule has 5 aromatic rings. The Kier molecular flexibility index (Phi) is 3.95. The second-order valence-electron chi connectivity index (χ2n) is 6.54. The Balaban J connectivity index is 1.63. The Morgan fingerprint density at radius 3 is 2.50 bits per heavy atom. The van der Waals surface area contributed by atoms with Gasteiger partial charge in [-0.05, 0) is 41.8 Å². The predicted molar refractivity (Wildman–Crippen MR) is 109 cm³/mol. The van der Waals surface area contributed by atoms with Gasteiger partial charge in [0, 0.05) is 16.8 Å². The summed E-state index contributed by atoms with van der Waals surface area (Å²) >= 11 is 6.02. The quantitative estimate of drug-likeness (QED) is 0.400. The van der Waals surface area contributed by atoms with Gasteiger partial charge in [0.05, 0.1) is 6.20 Å². The van der Waals surface area contributed by atoms with Crippen molar-refractivity contribution in [2.24, 2.45) is 0 Å². The summed E-state index contributed by atoms with van der Waals surface area (Å²) in [5.74, 6) is 0.982. The third-order valence-corrected chi connectivity index (χ3v) is 4.90. The summed E-state index contributed by atoms with van der Waals surface area (Å²) in [6.45, 7) is 2.04. The van der Waals surface area contributed by atoms with Gasteiger partial charge in [0.15, 0.2) is 0 Å². The fraction of sp³-hybridized carbons (Fsp3) is 0.0455. The smallest absolute Gasteiger partial charge is 0.276 e. The summed E-state index contributed by atoms with van der Waals surface area (Å²) in [6, 6.07) is 19.6. The van der Waals surface area contributed by atoms with Crippen molar-refractivity contribution in [3.63, 3.8) is 0 Å². The first kappa shape index (κ1) is 16.7. The molecule has 0 aliphatic heterocycles. The van der Waals surface area contributed by atoms with Gasteiger partial charge in [-0.2, -0.15) is 4.98 Å². The molecule has 0 unspecified atom stereocenters. The molecule has 0 saturated heterocycles. The second kappa shape index (κ2) is 6.62. The average Bonchev–Trinajstić information content (AvgIpc) is 3.36. The number of halogens is 1. The van der Waals surface area contributed by atoms with Crippen molar-refractivity contribution < 1.29 is 4.52 Å². The molecule has 0 aliphatic rings. The molecule has 5 rings (SSSR count). The monoisotopic (exact) mass is 386 g/mol. The lowest BCUT2D eigenvalue weighted by Gasteiger charge is -2.07. The second-order valence-corrected chi connectivity index (χ2v) is 6.98. The van der Waals surface area contributed by atoms with E-state index in [0.717, 1.165) is 33.6 Å². The van der Waals surface area contributed by atoms with Gasteiger partial charge in [0.2, 0.25) is 5.82 Å². The van der Waals surface area contributed by atoms with Gasteiger partial charge >= 0.3 is 0 Å². The van der Waals surface area contributed by atoms with E-state index in [1.807, 2.05) is 72.1 Å². The molecule has 0 spiro atoms. The largest absolute Gasteiger partial charge is 0.332 e. The van der Waals surface area contributed by atoms with E-state index < -0.39 is 0 Å². The third-order valence-electron chi connectivity index (χ3n) is 4.64. The lowest BCUT2D eigenvalue weighted by Crippen LogP contribution is -1.93. The molecule has 0 saturated carbocycles. The molecule has 0 amide bonds. The number of pyridine rings is 1. The van der Waals surface area contributed by atoms with E-state index in [9.17, 15) is 0 Å². The molecule has 3 aromatic heterocycles. The van der Waals surface area contributed by atoms with Gasteiger partial charge in [-0.3, -0.25) is 4.40 Å². The molecule has 0 radical (unpaired) electrons. The Morgan fingerprint density at radius 1 is 0.929 bits per heavy atom. The summed E-state index contributed by atoms with van der Waals surface area (Å²) in [7, 11) is 0. The van der Waals surface area contributed by atoms with E-state index in [0.29, 0.717) is 16.7 Å². The fourth-order valence-corrected chi connectivity index (χ4v) is 3.37. The number of imidazole rings is 1. The van der Waals surface area contributed by atoms with E-state index in [1.54, 1.807) is 6.20 Å². The van der Waals surface area contributed by atoms with Crippen molar-refractivity contribution in [2.75, 3.05) is 0 Å². The van der Waals surface area contributed by atoms with E-state index in [4.69, 9.17) is 16.1 Å². The van der Waals surface area contributed by atoms with Crippen molar-refractivity contribution in [1.29, 1.82) is 0 Å². The lowest BCUT2D eigenvalue weighted by molar-refractivity contribution is 0.430. The molecule has 2 aromatic carbocycles. The van der Waals surface area contributed by atoms with Crippen LogP contribution in [0.2, 0.25) is 5.02 Å². The third kappa shape index (κ3) is 2.86. The number of aryl methyl sites for hydroxylation is 1. The highest BCUT2D eigenvalue weighted by molar-refractivity contribution is 6.30. The van der Waals surface area contributed by atoms with Crippen molar-refractivity contribution >= 4 is 17.2 Å². The maximum Gasteiger partial charge on any atom is 0.276 e. The van der Waals surface area contributed by atoms with Crippen LogP contribution in [0.25, 0.3) is 39.7 Å². The zero-order chi connectivity index (χ0) is 19.1. The number of hydrogen-bond donors (Lipinski definition) is 0. The summed E-state index contributed by atoms with van der Waals surface area (Å²) in [6.07, 6.45) is 3.79. The number of hydrogen-bond acceptors (Lipinski definition) is 4. The Labute approximate surface area is 166 Å². The van der Waals surface area contributed by atoms with Gasteiger partial charge in [0.1, 0.15) is 11.3 Å². The SMILES string of the molecule is Cc1cc(-c2ccc(Cl)cc2)cn2c(-c3nc(-c4ccccc4)no3)cnc12. The van der Waals surface area contributed by atoms with Gasteiger partial charge in [-0.15, -0.1) is 0 Å². The average molecular weight is 387 g/mol. The van der Waals surface area contributed by atoms with Crippen molar-refractivity contribution in [3.05, 3.63) is 83.6 Å². The van der Waals surface area contributed by atoms with Crippen molar-refractivity contribution in [3.8, 4) is 34.1 Å². The topological polar surface area (TPSA) is 56.2 Å². The number of rotatable bonds is 3. The molecule has 0 atom stereocenters. The van der Waals surface area contributed by atoms with Crippen LogP contribution in [0.4, 0.5) is 0 Å². The van der Waals surface area contributed by atoms with Gasteiger partial charge in [0.25, 0.3) is 5.89 Å². The molecule has 6 heteroatoms. The highest BCUT2D eigenvalue weighted by Crippen LogP contribution is 2.28. The van der Waals surface area contributed by atoms with Crippen LogP contribution in [-0.2, 0) is 0 Å². The maximum atomic E-state index is 6.02. The zero-order valence-electron chi connectivity index (χ0n) is 15.0. The standard InChI is InChI=1S/C22H15ClN4O/c1-14-11-17(15-7-9-18(23)10-8-15)13-27-19(12-24-21(14)27)22-25-20(26-28-22)16-5-3-2-4-6-16/h2-13H,1H3. The first-order valence-corrected chi connectivity index (χ1v) is 9.20. The molecule has 136 valence electrons. The molecular formula is C22H15ClN4O. The van der Waals surface area contributed by atoms with Crippen LogP contribution < -0.4 is 0 Å². The van der Waals surface area contributed by atoms with Crippen LogP contribution in [0, 0.1) is 6.92 Å². The van der Waals surface area contributed by atoms with Crippen LogP contribution in [0.3, 0.4) is 0 Å². The molecular weight excluding hydrogens is 372 g/mol. The number of fused-ring (bicyclic) bond motifs is 1. The Hall–Kier alpha value is -3.44. The summed E-state index contributed by atoms with van der Waals surface area (Å²) in [4.78, 5) is 9.10. The summed E-state index contributed by atoms with van der Waals surface area (Å²) < 4.78 is 7.52. The van der Waals surface area contributed by atoms with Crippen LogP contribution in [0.5, 0.6) is 0 Å². The molecule has 0 aliphatic carbocycles. The number of aromatic nitrogens is 4. The highest BCUT2D eigenvalue weighted by Gasteiger charge is 2.16. The highest BCUT2D eigenvalue weighted by atomic mass is 35.5. The molecule has 0 N–H and O–H groups in total. The van der Waals surface area contributed by atoms with Gasteiger partial charge < -0.3 is 4.52 Å². The zero-order valence-corrected chi connectivity index (χ0v) is 15.8. The Morgan fingerprint density at radius 2 is 1.71 bits per heavy atom. The summed E-state index contributed by atoms with van der Waals surface area (Å²) in [5.41, 5.74) is 5.70. The van der Waals surface area contributed by atoms with E-state index in [-0.39, 0.29) is 0 Å². The maximum absolute atomic E-state index is 6.02. The molecule has 28 heavy (non-hydrogen) atoms. The minimum Gasteiger partial charge on any atom is -0.332 e. The molecule has 3 heterocycles. The summed E-state index contributed by atoms with van der Waals surface area (Å²) in [5, 5.41) is 4.83. The lowest BCUT2D eigenvalue weighted by atomic mass is 10.1. The molecule has 5 nitrogen and oxygen atoms in total. The van der Waals surface area contributed by atoms with Crippen LogP contribution in [-0.4, -0.2) is 19.5 Å². The molecule has 0 bridgehead atoms.